The molecule has 0 aromatic heterocycles. The zero-order valence-electron chi connectivity index (χ0n) is 13.7. The lowest BCUT2D eigenvalue weighted by Gasteiger charge is -2.32. The van der Waals surface area contributed by atoms with E-state index in [0.29, 0.717) is 36.5 Å². The second-order valence-corrected chi connectivity index (χ2v) is 5.96. The Morgan fingerprint density at radius 3 is 2.91 bits per heavy atom. The van der Waals surface area contributed by atoms with Gasteiger partial charge >= 0.3 is 0 Å². The van der Waals surface area contributed by atoms with Crippen LogP contribution in [0.5, 0.6) is 17.2 Å². The van der Waals surface area contributed by atoms with Crippen molar-refractivity contribution in [3.05, 3.63) is 23.8 Å². The number of nitrogens with zero attached hydrogens (tertiary/aromatic N) is 1. The SMILES string of the molecule is COc1cc(/C=C/C(=O)N2CCCCC2C)cc2c1OCCO2. The number of carbonyl (C=O) groups is 1. The molecule has 5 nitrogen and oxygen atoms in total. The summed E-state index contributed by atoms with van der Waals surface area (Å²) in [5.74, 6) is 1.98. The Hall–Kier alpha value is -2.17. The van der Waals surface area contributed by atoms with Gasteiger partial charge in [0.1, 0.15) is 13.2 Å². The van der Waals surface area contributed by atoms with Crippen molar-refractivity contribution >= 4 is 12.0 Å². The summed E-state index contributed by atoms with van der Waals surface area (Å²) < 4.78 is 16.6. The number of piperidine rings is 1. The highest BCUT2D eigenvalue weighted by molar-refractivity contribution is 5.92. The standard InChI is InChI=1S/C18H23NO4/c1-13-5-3-4-8-19(13)17(20)7-6-14-11-15(21-2)18-16(12-14)22-9-10-23-18/h6-7,11-13H,3-5,8-10H2,1-2H3/b7-6+. The fraction of sp³-hybridized carbons (Fsp3) is 0.500. The quantitative estimate of drug-likeness (QED) is 0.804. The summed E-state index contributed by atoms with van der Waals surface area (Å²) in [5, 5.41) is 0. The summed E-state index contributed by atoms with van der Waals surface area (Å²) in [5.41, 5.74) is 0.865. The second-order valence-electron chi connectivity index (χ2n) is 5.96. The normalized spacial score (nSPS) is 20.6. The third-order valence-corrected chi connectivity index (χ3v) is 4.35. The first-order valence-electron chi connectivity index (χ1n) is 8.15. The average molecular weight is 317 g/mol. The van der Waals surface area contributed by atoms with Gasteiger partial charge in [-0.1, -0.05) is 0 Å². The van der Waals surface area contributed by atoms with E-state index in [4.69, 9.17) is 14.2 Å². The van der Waals surface area contributed by atoms with Crippen molar-refractivity contribution in [3.63, 3.8) is 0 Å². The lowest BCUT2D eigenvalue weighted by molar-refractivity contribution is -0.129. The second kappa shape index (κ2) is 6.94. The van der Waals surface area contributed by atoms with Gasteiger partial charge in [-0.25, -0.2) is 0 Å². The van der Waals surface area contributed by atoms with Crippen molar-refractivity contribution in [1.29, 1.82) is 0 Å². The van der Waals surface area contributed by atoms with Crippen molar-refractivity contribution in [2.75, 3.05) is 26.9 Å². The highest BCUT2D eigenvalue weighted by atomic mass is 16.6. The molecule has 0 radical (unpaired) electrons. The molecule has 1 fully saturated rings. The Morgan fingerprint density at radius 1 is 1.30 bits per heavy atom. The maximum Gasteiger partial charge on any atom is 0.246 e. The zero-order valence-corrected chi connectivity index (χ0v) is 13.7. The molecule has 1 unspecified atom stereocenters. The largest absolute Gasteiger partial charge is 0.493 e. The number of carbonyl (C=O) groups excluding carboxylic acids is 1. The first kappa shape index (κ1) is 15.7. The van der Waals surface area contributed by atoms with E-state index in [1.165, 1.54) is 6.42 Å². The summed E-state index contributed by atoms with van der Waals surface area (Å²) in [4.78, 5) is 14.3. The van der Waals surface area contributed by atoms with E-state index in [9.17, 15) is 4.79 Å². The first-order chi connectivity index (χ1) is 11.2. The molecule has 1 saturated heterocycles. The van der Waals surface area contributed by atoms with Crippen LogP contribution in [-0.2, 0) is 4.79 Å². The van der Waals surface area contributed by atoms with Crippen LogP contribution in [0.1, 0.15) is 31.7 Å². The van der Waals surface area contributed by atoms with Gasteiger partial charge < -0.3 is 19.1 Å². The third kappa shape index (κ3) is 3.44. The van der Waals surface area contributed by atoms with Gasteiger partial charge in [-0.3, -0.25) is 4.79 Å². The number of likely N-dealkylation sites (tertiary alicyclic amines) is 1. The van der Waals surface area contributed by atoms with Gasteiger partial charge in [-0.2, -0.15) is 0 Å². The first-order valence-corrected chi connectivity index (χ1v) is 8.15. The maximum absolute atomic E-state index is 12.4. The molecule has 2 aliphatic rings. The predicted molar refractivity (Wildman–Crippen MR) is 88.0 cm³/mol. The Kier molecular flexibility index (Phi) is 4.74. The van der Waals surface area contributed by atoms with Gasteiger partial charge in [0.25, 0.3) is 0 Å². The van der Waals surface area contributed by atoms with E-state index in [-0.39, 0.29) is 5.91 Å². The van der Waals surface area contributed by atoms with E-state index in [1.54, 1.807) is 13.2 Å². The van der Waals surface area contributed by atoms with Crippen LogP contribution in [0.2, 0.25) is 0 Å². The molecule has 2 aliphatic heterocycles. The fourth-order valence-electron chi connectivity index (χ4n) is 3.08. The minimum absolute atomic E-state index is 0.0612. The molecule has 1 aromatic rings. The molecule has 3 rings (SSSR count). The van der Waals surface area contributed by atoms with E-state index < -0.39 is 0 Å². The highest BCUT2D eigenvalue weighted by Crippen LogP contribution is 2.40. The monoisotopic (exact) mass is 317 g/mol. The molecule has 0 bridgehead atoms. The molecule has 0 aliphatic carbocycles. The van der Waals surface area contributed by atoms with Crippen LogP contribution in [0.25, 0.3) is 6.08 Å². The van der Waals surface area contributed by atoms with Gasteiger partial charge in [0, 0.05) is 18.7 Å². The topological polar surface area (TPSA) is 48.0 Å². The molecule has 23 heavy (non-hydrogen) atoms. The van der Waals surface area contributed by atoms with Crippen molar-refractivity contribution in [2.45, 2.75) is 32.2 Å². The van der Waals surface area contributed by atoms with E-state index in [1.807, 2.05) is 23.1 Å². The molecular weight excluding hydrogens is 294 g/mol. The van der Waals surface area contributed by atoms with Gasteiger partial charge in [0.2, 0.25) is 11.7 Å². The van der Waals surface area contributed by atoms with Crippen molar-refractivity contribution in [2.24, 2.45) is 0 Å². The van der Waals surface area contributed by atoms with Crippen LogP contribution in [0.3, 0.4) is 0 Å². The number of benzene rings is 1. The summed E-state index contributed by atoms with van der Waals surface area (Å²) >= 11 is 0. The molecule has 2 heterocycles. The number of hydrogen-bond donors (Lipinski definition) is 0. The lowest BCUT2D eigenvalue weighted by Crippen LogP contribution is -2.41. The highest BCUT2D eigenvalue weighted by Gasteiger charge is 2.21. The summed E-state index contributed by atoms with van der Waals surface area (Å²) in [6.45, 7) is 3.99. The third-order valence-electron chi connectivity index (χ3n) is 4.35. The van der Waals surface area contributed by atoms with E-state index in [2.05, 4.69) is 6.92 Å². The molecule has 0 N–H and O–H groups in total. The number of rotatable bonds is 3. The predicted octanol–water partition coefficient (Wildman–Crippen LogP) is 2.88. The fourth-order valence-corrected chi connectivity index (χ4v) is 3.08. The van der Waals surface area contributed by atoms with E-state index >= 15 is 0 Å². The molecular formula is C18H23NO4. The van der Waals surface area contributed by atoms with Gasteiger partial charge in [0.15, 0.2) is 11.5 Å². The number of amides is 1. The molecule has 1 atom stereocenters. The van der Waals surface area contributed by atoms with Crippen LogP contribution < -0.4 is 14.2 Å². The van der Waals surface area contributed by atoms with Gasteiger partial charge in [0.05, 0.1) is 7.11 Å². The number of methoxy groups -OCH3 is 1. The molecule has 0 spiro atoms. The van der Waals surface area contributed by atoms with Crippen LogP contribution in [0.15, 0.2) is 18.2 Å². The summed E-state index contributed by atoms with van der Waals surface area (Å²) in [7, 11) is 1.60. The van der Waals surface area contributed by atoms with Gasteiger partial charge in [-0.15, -0.1) is 0 Å². The number of fused-ring (bicyclic) bond motifs is 1. The number of ether oxygens (including phenoxy) is 3. The molecule has 5 heteroatoms. The Labute approximate surface area is 136 Å². The molecule has 1 amide bonds. The summed E-state index contributed by atoms with van der Waals surface area (Å²) in [6.07, 6.45) is 6.81. The Morgan fingerprint density at radius 2 is 2.13 bits per heavy atom. The zero-order chi connectivity index (χ0) is 16.2. The molecule has 124 valence electrons. The Balaban J connectivity index is 1.78. The van der Waals surface area contributed by atoms with Crippen molar-refractivity contribution in [3.8, 4) is 17.2 Å². The van der Waals surface area contributed by atoms with Crippen molar-refractivity contribution in [1.82, 2.24) is 4.90 Å². The van der Waals surface area contributed by atoms with Crippen LogP contribution in [0.4, 0.5) is 0 Å². The van der Waals surface area contributed by atoms with Gasteiger partial charge in [-0.05, 0) is 50.0 Å². The van der Waals surface area contributed by atoms with Crippen LogP contribution in [-0.4, -0.2) is 43.7 Å². The van der Waals surface area contributed by atoms with Crippen LogP contribution in [0, 0.1) is 0 Å². The smallest absolute Gasteiger partial charge is 0.246 e. The summed E-state index contributed by atoms with van der Waals surface area (Å²) in [6, 6.07) is 4.05. The average Bonchev–Trinajstić information content (AvgIpc) is 2.59. The number of hydrogen-bond acceptors (Lipinski definition) is 4. The molecule has 1 aromatic carbocycles. The minimum atomic E-state index is 0.0612. The van der Waals surface area contributed by atoms with E-state index in [0.717, 1.165) is 24.9 Å². The maximum atomic E-state index is 12.4. The minimum Gasteiger partial charge on any atom is -0.493 e. The lowest BCUT2D eigenvalue weighted by atomic mass is 10.0. The van der Waals surface area contributed by atoms with Crippen molar-refractivity contribution < 1.29 is 19.0 Å². The Bertz CT molecular complexity index is 594. The van der Waals surface area contributed by atoms with Crippen LogP contribution >= 0.6 is 0 Å². The molecule has 0 saturated carbocycles.